The second-order valence-corrected chi connectivity index (χ2v) is 4.85. The Balaban J connectivity index is 2.51. The third-order valence-electron chi connectivity index (χ3n) is 2.67. The molecule has 0 saturated heterocycles. The number of para-hydroxylation sites is 1. The molecule has 0 unspecified atom stereocenters. The molecule has 4 nitrogen and oxygen atoms in total. The van der Waals surface area contributed by atoms with E-state index in [-0.39, 0.29) is 12.2 Å². The van der Waals surface area contributed by atoms with Crippen molar-refractivity contribution in [3.8, 4) is 11.8 Å². The van der Waals surface area contributed by atoms with Gasteiger partial charge in [-0.3, -0.25) is 0 Å². The predicted octanol–water partition coefficient (Wildman–Crippen LogP) is 2.49. The average Bonchev–Trinajstić information content (AvgIpc) is 2.37. The van der Waals surface area contributed by atoms with Crippen molar-refractivity contribution in [3.63, 3.8) is 0 Å². The Morgan fingerprint density at radius 1 is 1.32 bits per heavy atom. The number of nitrogens with zero attached hydrogens (tertiary/aromatic N) is 1. The largest absolute Gasteiger partial charge is 0.478 e. The zero-order valence-corrected chi connectivity index (χ0v) is 11.9. The summed E-state index contributed by atoms with van der Waals surface area (Å²) >= 11 is 0. The summed E-state index contributed by atoms with van der Waals surface area (Å²) in [5, 5.41) is 11.9. The Morgan fingerprint density at radius 3 is 2.74 bits per heavy atom. The lowest BCUT2D eigenvalue weighted by atomic mass is 10.1. The van der Waals surface area contributed by atoms with E-state index in [1.165, 1.54) is 0 Å². The van der Waals surface area contributed by atoms with Crippen LogP contribution in [0.1, 0.15) is 26.3 Å². The first-order valence-corrected chi connectivity index (χ1v) is 6.51. The Labute approximate surface area is 115 Å². The van der Waals surface area contributed by atoms with E-state index >= 15 is 0 Å². The Kier molecular flexibility index (Phi) is 6.34. The van der Waals surface area contributed by atoms with Gasteiger partial charge < -0.3 is 14.8 Å². The standard InChI is InChI=1S/C15H22N2O2/c1-4-19-15(2,3)12-17-11-13-7-5-6-8-14(13)18-10-9-16/h5-8,17H,4,10-12H2,1-3H3. The first-order chi connectivity index (χ1) is 9.09. The van der Waals surface area contributed by atoms with Crippen molar-refractivity contribution in [2.45, 2.75) is 32.9 Å². The summed E-state index contributed by atoms with van der Waals surface area (Å²) in [5.74, 6) is 0.755. The first-order valence-electron chi connectivity index (χ1n) is 6.51. The van der Waals surface area contributed by atoms with Gasteiger partial charge in [0.15, 0.2) is 6.61 Å². The second-order valence-electron chi connectivity index (χ2n) is 4.85. The minimum absolute atomic E-state index is 0.0709. The molecule has 0 aliphatic heterocycles. The van der Waals surface area contributed by atoms with Crippen LogP contribution < -0.4 is 10.1 Å². The van der Waals surface area contributed by atoms with E-state index in [4.69, 9.17) is 14.7 Å². The first kappa shape index (κ1) is 15.5. The van der Waals surface area contributed by atoms with Gasteiger partial charge in [0.2, 0.25) is 0 Å². The van der Waals surface area contributed by atoms with Crippen LogP contribution in [0.4, 0.5) is 0 Å². The maximum absolute atomic E-state index is 8.55. The van der Waals surface area contributed by atoms with Gasteiger partial charge in [-0.1, -0.05) is 18.2 Å². The lowest BCUT2D eigenvalue weighted by molar-refractivity contribution is -0.00900. The molecule has 0 saturated carbocycles. The molecule has 0 aliphatic rings. The van der Waals surface area contributed by atoms with E-state index in [1.54, 1.807) is 0 Å². The smallest absolute Gasteiger partial charge is 0.174 e. The molecule has 0 bridgehead atoms. The fourth-order valence-corrected chi connectivity index (χ4v) is 1.84. The van der Waals surface area contributed by atoms with Crippen LogP contribution in [0, 0.1) is 11.3 Å². The maximum Gasteiger partial charge on any atom is 0.174 e. The predicted molar refractivity (Wildman–Crippen MR) is 75.0 cm³/mol. The van der Waals surface area contributed by atoms with Crippen LogP contribution in [0.5, 0.6) is 5.75 Å². The highest BCUT2D eigenvalue weighted by Crippen LogP contribution is 2.18. The van der Waals surface area contributed by atoms with Gasteiger partial charge in [-0.15, -0.1) is 0 Å². The van der Waals surface area contributed by atoms with Crippen molar-refractivity contribution in [2.75, 3.05) is 19.8 Å². The molecule has 1 aromatic carbocycles. The SMILES string of the molecule is CCOC(C)(C)CNCc1ccccc1OCC#N. The van der Waals surface area contributed by atoms with Gasteiger partial charge >= 0.3 is 0 Å². The fourth-order valence-electron chi connectivity index (χ4n) is 1.84. The molecule has 0 radical (unpaired) electrons. The van der Waals surface area contributed by atoms with Gasteiger partial charge in [-0.05, 0) is 26.8 Å². The minimum atomic E-state index is -0.183. The number of nitrogens with one attached hydrogen (secondary N) is 1. The highest BCUT2D eigenvalue weighted by atomic mass is 16.5. The third-order valence-corrected chi connectivity index (χ3v) is 2.67. The Hall–Kier alpha value is -1.57. The second kappa shape index (κ2) is 7.78. The molecule has 0 aliphatic carbocycles. The molecule has 0 spiro atoms. The molecule has 1 aromatic rings. The molecule has 0 atom stereocenters. The van der Waals surface area contributed by atoms with E-state index in [9.17, 15) is 0 Å². The lowest BCUT2D eigenvalue weighted by Gasteiger charge is -2.25. The Morgan fingerprint density at radius 2 is 2.05 bits per heavy atom. The summed E-state index contributed by atoms with van der Waals surface area (Å²) in [5.41, 5.74) is 0.863. The number of hydrogen-bond donors (Lipinski definition) is 1. The van der Waals surface area contributed by atoms with Gasteiger partial charge in [0.1, 0.15) is 11.8 Å². The van der Waals surface area contributed by atoms with Crippen molar-refractivity contribution >= 4 is 0 Å². The monoisotopic (exact) mass is 262 g/mol. The average molecular weight is 262 g/mol. The topological polar surface area (TPSA) is 54.3 Å². The molecular formula is C15H22N2O2. The van der Waals surface area contributed by atoms with Gasteiger partial charge in [-0.25, -0.2) is 0 Å². The van der Waals surface area contributed by atoms with Gasteiger partial charge in [0.05, 0.1) is 5.60 Å². The van der Waals surface area contributed by atoms with E-state index in [0.717, 1.165) is 17.9 Å². The van der Waals surface area contributed by atoms with Crippen molar-refractivity contribution in [1.82, 2.24) is 5.32 Å². The molecule has 0 amide bonds. The molecule has 1 N–H and O–H groups in total. The summed E-state index contributed by atoms with van der Waals surface area (Å²) < 4.78 is 11.0. The Bertz CT molecular complexity index is 424. The summed E-state index contributed by atoms with van der Waals surface area (Å²) in [6, 6.07) is 9.71. The fraction of sp³-hybridized carbons (Fsp3) is 0.533. The molecule has 4 heteroatoms. The van der Waals surface area contributed by atoms with E-state index in [1.807, 2.05) is 37.3 Å². The maximum atomic E-state index is 8.55. The van der Waals surface area contributed by atoms with Crippen molar-refractivity contribution < 1.29 is 9.47 Å². The molecular weight excluding hydrogens is 240 g/mol. The van der Waals surface area contributed by atoms with Crippen LogP contribution in [0.25, 0.3) is 0 Å². The van der Waals surface area contributed by atoms with Gasteiger partial charge in [0.25, 0.3) is 0 Å². The van der Waals surface area contributed by atoms with Crippen LogP contribution in [0.3, 0.4) is 0 Å². The summed E-state index contributed by atoms with van der Waals surface area (Å²) in [4.78, 5) is 0. The van der Waals surface area contributed by atoms with Crippen molar-refractivity contribution in [3.05, 3.63) is 29.8 Å². The lowest BCUT2D eigenvalue weighted by Crippen LogP contribution is -2.37. The number of nitriles is 1. The number of ether oxygens (including phenoxy) is 2. The molecule has 1 rings (SSSR count). The zero-order valence-electron chi connectivity index (χ0n) is 11.9. The molecule has 0 fully saturated rings. The number of benzene rings is 1. The summed E-state index contributed by atoms with van der Waals surface area (Å²) in [7, 11) is 0. The number of hydrogen-bond acceptors (Lipinski definition) is 4. The minimum Gasteiger partial charge on any atom is -0.478 e. The molecule has 104 valence electrons. The molecule has 19 heavy (non-hydrogen) atoms. The number of rotatable bonds is 8. The third kappa shape index (κ3) is 5.73. The quantitative estimate of drug-likeness (QED) is 0.782. The van der Waals surface area contributed by atoms with Crippen LogP contribution in [0.2, 0.25) is 0 Å². The highest BCUT2D eigenvalue weighted by molar-refractivity contribution is 5.33. The van der Waals surface area contributed by atoms with Crippen LogP contribution in [0.15, 0.2) is 24.3 Å². The van der Waals surface area contributed by atoms with E-state index in [2.05, 4.69) is 19.2 Å². The molecule has 0 aromatic heterocycles. The van der Waals surface area contributed by atoms with Crippen LogP contribution in [-0.2, 0) is 11.3 Å². The zero-order chi connectivity index (χ0) is 14.1. The van der Waals surface area contributed by atoms with E-state index < -0.39 is 0 Å². The highest BCUT2D eigenvalue weighted by Gasteiger charge is 2.16. The normalized spacial score (nSPS) is 11.1. The van der Waals surface area contributed by atoms with E-state index in [0.29, 0.717) is 13.2 Å². The van der Waals surface area contributed by atoms with Crippen LogP contribution in [-0.4, -0.2) is 25.4 Å². The summed E-state index contributed by atoms with van der Waals surface area (Å²) in [6.45, 7) is 8.33. The van der Waals surface area contributed by atoms with Gasteiger partial charge in [0, 0.05) is 25.3 Å². The van der Waals surface area contributed by atoms with Crippen LogP contribution >= 0.6 is 0 Å². The van der Waals surface area contributed by atoms with Crippen molar-refractivity contribution in [2.24, 2.45) is 0 Å². The van der Waals surface area contributed by atoms with Gasteiger partial charge in [-0.2, -0.15) is 5.26 Å². The van der Waals surface area contributed by atoms with Crippen molar-refractivity contribution in [1.29, 1.82) is 5.26 Å². The molecule has 0 heterocycles. The summed E-state index contributed by atoms with van der Waals surface area (Å²) in [6.07, 6.45) is 0.